The van der Waals surface area contributed by atoms with Crippen LogP contribution >= 0.6 is 0 Å². The van der Waals surface area contributed by atoms with Gasteiger partial charge in [0.05, 0.1) is 6.10 Å². The Kier molecular flexibility index (Phi) is 9.85. The standard InChI is InChI=1S/C19H32O4/c1-2-8-16(20)13-11-15-12-14-18(21)17(15)9-6-4-3-5-7-10-19(22)23/h11,13,15-17,20H,2-10,12,14H2,1H3,(H,22,23). The maximum absolute atomic E-state index is 12.0. The zero-order valence-electron chi connectivity index (χ0n) is 14.4. The predicted octanol–water partition coefficient (Wildman–Crippen LogP) is 4.11. The number of aliphatic hydroxyl groups excluding tert-OH is 1. The van der Waals surface area contributed by atoms with E-state index in [1.807, 2.05) is 6.08 Å². The summed E-state index contributed by atoms with van der Waals surface area (Å²) in [7, 11) is 0. The van der Waals surface area contributed by atoms with Crippen LogP contribution in [0.4, 0.5) is 0 Å². The molecule has 2 N–H and O–H groups in total. The van der Waals surface area contributed by atoms with Gasteiger partial charge in [0.25, 0.3) is 0 Å². The molecule has 0 aromatic carbocycles. The fourth-order valence-corrected chi connectivity index (χ4v) is 3.37. The molecule has 0 bridgehead atoms. The Hall–Kier alpha value is -1.16. The van der Waals surface area contributed by atoms with Gasteiger partial charge >= 0.3 is 5.97 Å². The number of hydrogen-bond donors (Lipinski definition) is 2. The Labute approximate surface area is 140 Å². The van der Waals surface area contributed by atoms with E-state index < -0.39 is 5.97 Å². The van der Waals surface area contributed by atoms with Gasteiger partial charge in [-0.15, -0.1) is 0 Å². The van der Waals surface area contributed by atoms with Gasteiger partial charge in [0, 0.05) is 18.8 Å². The van der Waals surface area contributed by atoms with E-state index in [1.165, 1.54) is 0 Å². The lowest BCUT2D eigenvalue weighted by Gasteiger charge is -2.15. The average molecular weight is 324 g/mol. The van der Waals surface area contributed by atoms with Crippen LogP contribution in [-0.4, -0.2) is 28.1 Å². The molecule has 1 rings (SSSR count). The van der Waals surface area contributed by atoms with Crippen LogP contribution in [0.1, 0.15) is 77.6 Å². The molecular formula is C19H32O4. The first-order valence-corrected chi connectivity index (χ1v) is 9.15. The van der Waals surface area contributed by atoms with Crippen molar-refractivity contribution in [3.8, 4) is 0 Å². The first kappa shape index (κ1) is 19.9. The smallest absolute Gasteiger partial charge is 0.303 e. The summed E-state index contributed by atoms with van der Waals surface area (Å²) < 4.78 is 0. The molecule has 1 saturated carbocycles. The van der Waals surface area contributed by atoms with Crippen LogP contribution in [0.25, 0.3) is 0 Å². The number of ketones is 1. The molecule has 0 spiro atoms. The van der Waals surface area contributed by atoms with Crippen LogP contribution in [0.3, 0.4) is 0 Å². The second kappa shape index (κ2) is 11.4. The molecule has 0 aliphatic heterocycles. The van der Waals surface area contributed by atoms with Crippen molar-refractivity contribution in [2.24, 2.45) is 11.8 Å². The number of Topliss-reactive ketones (excluding diaryl/α,β-unsaturated/α-hetero) is 1. The Morgan fingerprint density at radius 1 is 1.26 bits per heavy atom. The Morgan fingerprint density at radius 2 is 1.96 bits per heavy atom. The van der Waals surface area contributed by atoms with E-state index >= 15 is 0 Å². The van der Waals surface area contributed by atoms with Crippen molar-refractivity contribution in [2.45, 2.75) is 83.7 Å². The molecule has 0 aromatic heterocycles. The summed E-state index contributed by atoms with van der Waals surface area (Å²) in [6.07, 6.45) is 12.9. The van der Waals surface area contributed by atoms with Crippen LogP contribution in [0.2, 0.25) is 0 Å². The number of carbonyl (C=O) groups excluding carboxylic acids is 1. The van der Waals surface area contributed by atoms with E-state index in [9.17, 15) is 14.7 Å². The average Bonchev–Trinajstić information content (AvgIpc) is 2.85. The van der Waals surface area contributed by atoms with Gasteiger partial charge in [-0.2, -0.15) is 0 Å². The maximum Gasteiger partial charge on any atom is 0.303 e. The van der Waals surface area contributed by atoms with Crippen molar-refractivity contribution in [3.63, 3.8) is 0 Å². The number of hydrogen-bond acceptors (Lipinski definition) is 3. The van der Waals surface area contributed by atoms with Gasteiger partial charge in [-0.3, -0.25) is 9.59 Å². The number of aliphatic carboxylic acids is 1. The first-order chi connectivity index (χ1) is 11.0. The van der Waals surface area contributed by atoms with E-state index in [1.54, 1.807) is 0 Å². The van der Waals surface area contributed by atoms with Crippen molar-refractivity contribution in [1.29, 1.82) is 0 Å². The molecule has 132 valence electrons. The number of unbranched alkanes of at least 4 members (excludes halogenated alkanes) is 4. The molecule has 0 heterocycles. The maximum atomic E-state index is 12.0. The van der Waals surface area contributed by atoms with Gasteiger partial charge < -0.3 is 10.2 Å². The van der Waals surface area contributed by atoms with Crippen molar-refractivity contribution < 1.29 is 19.8 Å². The Bertz CT molecular complexity index is 389. The van der Waals surface area contributed by atoms with E-state index in [2.05, 4.69) is 13.0 Å². The molecule has 3 unspecified atom stereocenters. The second-order valence-corrected chi connectivity index (χ2v) is 6.72. The quantitative estimate of drug-likeness (QED) is 0.418. The zero-order chi connectivity index (χ0) is 17.1. The molecule has 1 aliphatic carbocycles. The van der Waals surface area contributed by atoms with E-state index in [0.29, 0.717) is 18.1 Å². The first-order valence-electron chi connectivity index (χ1n) is 9.15. The summed E-state index contributed by atoms with van der Waals surface area (Å²) in [5.41, 5.74) is 0. The molecule has 1 fully saturated rings. The molecule has 0 amide bonds. The summed E-state index contributed by atoms with van der Waals surface area (Å²) in [5, 5.41) is 18.4. The second-order valence-electron chi connectivity index (χ2n) is 6.72. The fraction of sp³-hybridized carbons (Fsp3) is 0.789. The normalized spacial score (nSPS) is 22.8. The van der Waals surface area contributed by atoms with Gasteiger partial charge in [0.2, 0.25) is 0 Å². The SMILES string of the molecule is CCCC(O)C=CC1CCC(=O)C1CCCCCCCC(=O)O. The minimum atomic E-state index is -0.721. The minimum absolute atomic E-state index is 0.124. The lowest BCUT2D eigenvalue weighted by molar-refractivity contribution is -0.137. The van der Waals surface area contributed by atoms with Crippen LogP contribution in [0.5, 0.6) is 0 Å². The minimum Gasteiger partial charge on any atom is -0.481 e. The highest BCUT2D eigenvalue weighted by molar-refractivity contribution is 5.83. The van der Waals surface area contributed by atoms with E-state index in [4.69, 9.17) is 5.11 Å². The molecule has 0 aromatic rings. The van der Waals surface area contributed by atoms with E-state index in [0.717, 1.165) is 57.8 Å². The number of carboxylic acids is 1. The van der Waals surface area contributed by atoms with Gasteiger partial charge in [0.1, 0.15) is 5.78 Å². The summed E-state index contributed by atoms with van der Waals surface area (Å²) in [6, 6.07) is 0. The zero-order valence-corrected chi connectivity index (χ0v) is 14.4. The van der Waals surface area contributed by atoms with Crippen molar-refractivity contribution in [2.75, 3.05) is 0 Å². The third kappa shape index (κ3) is 8.31. The summed E-state index contributed by atoms with van der Waals surface area (Å²) >= 11 is 0. The molecule has 3 atom stereocenters. The number of allylic oxidation sites excluding steroid dienone is 1. The predicted molar refractivity (Wildman–Crippen MR) is 91.2 cm³/mol. The molecule has 23 heavy (non-hydrogen) atoms. The van der Waals surface area contributed by atoms with Gasteiger partial charge in [-0.05, 0) is 31.6 Å². The molecular weight excluding hydrogens is 292 g/mol. The third-order valence-corrected chi connectivity index (χ3v) is 4.73. The highest BCUT2D eigenvalue weighted by Gasteiger charge is 2.32. The third-order valence-electron chi connectivity index (χ3n) is 4.73. The van der Waals surface area contributed by atoms with E-state index in [-0.39, 0.29) is 18.4 Å². The summed E-state index contributed by atoms with van der Waals surface area (Å²) in [6.45, 7) is 2.05. The fourth-order valence-electron chi connectivity index (χ4n) is 3.37. The monoisotopic (exact) mass is 324 g/mol. The van der Waals surface area contributed by atoms with Gasteiger partial charge in [-0.25, -0.2) is 0 Å². The van der Waals surface area contributed by atoms with Crippen molar-refractivity contribution in [1.82, 2.24) is 0 Å². The van der Waals surface area contributed by atoms with Crippen LogP contribution in [0, 0.1) is 11.8 Å². The van der Waals surface area contributed by atoms with Crippen LogP contribution in [0.15, 0.2) is 12.2 Å². The number of carbonyl (C=O) groups is 2. The molecule has 4 nitrogen and oxygen atoms in total. The summed E-state index contributed by atoms with van der Waals surface area (Å²) in [5.74, 6) is 0.0667. The van der Waals surface area contributed by atoms with Crippen LogP contribution in [-0.2, 0) is 9.59 Å². The highest BCUT2D eigenvalue weighted by Crippen LogP contribution is 2.34. The van der Waals surface area contributed by atoms with Crippen molar-refractivity contribution >= 4 is 11.8 Å². The number of rotatable bonds is 12. The van der Waals surface area contributed by atoms with Crippen LogP contribution < -0.4 is 0 Å². The number of aliphatic hydroxyl groups is 1. The van der Waals surface area contributed by atoms with Gasteiger partial charge in [-0.1, -0.05) is 51.2 Å². The lowest BCUT2D eigenvalue weighted by Crippen LogP contribution is -2.14. The topological polar surface area (TPSA) is 74.6 Å². The molecule has 0 saturated heterocycles. The summed E-state index contributed by atoms with van der Waals surface area (Å²) in [4.78, 5) is 22.5. The largest absolute Gasteiger partial charge is 0.481 e. The Morgan fingerprint density at radius 3 is 2.65 bits per heavy atom. The lowest BCUT2D eigenvalue weighted by atomic mass is 9.89. The molecule has 0 radical (unpaired) electrons. The Balaban J connectivity index is 2.24. The highest BCUT2D eigenvalue weighted by atomic mass is 16.4. The number of carboxylic acid groups (broad SMARTS) is 1. The molecule has 4 heteroatoms. The van der Waals surface area contributed by atoms with Gasteiger partial charge in [0.15, 0.2) is 0 Å². The van der Waals surface area contributed by atoms with Crippen molar-refractivity contribution in [3.05, 3.63) is 12.2 Å². The molecule has 1 aliphatic rings.